The van der Waals surface area contributed by atoms with Crippen LogP contribution in [0.2, 0.25) is 0 Å². The van der Waals surface area contributed by atoms with E-state index in [0.717, 1.165) is 0 Å². The van der Waals surface area contributed by atoms with Crippen LogP contribution in [-0.4, -0.2) is 55.2 Å². The van der Waals surface area contributed by atoms with Crippen LogP contribution in [0.4, 0.5) is 0 Å². The second-order valence-electron chi connectivity index (χ2n) is 3.42. The quantitative estimate of drug-likeness (QED) is 0.664. The van der Waals surface area contributed by atoms with Gasteiger partial charge in [0, 0.05) is 26.3 Å². The number of hydrogen-bond acceptors (Lipinski definition) is 3. The third-order valence-electron chi connectivity index (χ3n) is 2.44. The van der Waals surface area contributed by atoms with Crippen molar-refractivity contribution in [3.05, 3.63) is 0 Å². The summed E-state index contributed by atoms with van der Waals surface area (Å²) in [7, 11) is 0. The fourth-order valence-electron chi connectivity index (χ4n) is 1.78. The summed E-state index contributed by atoms with van der Waals surface area (Å²) < 4.78 is 11.1. The fourth-order valence-corrected chi connectivity index (χ4v) is 1.95. The highest BCUT2D eigenvalue weighted by Crippen LogP contribution is 2.17. The lowest BCUT2D eigenvalue weighted by Crippen LogP contribution is -2.31. The number of rotatable bonds is 5. The highest BCUT2D eigenvalue weighted by molar-refractivity contribution is 6.27. The van der Waals surface area contributed by atoms with Gasteiger partial charge in [-0.2, -0.15) is 0 Å². The molecule has 0 aromatic rings. The SMILES string of the molecule is CCO[C@H]1CN(C(=O)CCl)C[C@@H]1OCC. The van der Waals surface area contributed by atoms with Crippen LogP contribution in [0.3, 0.4) is 0 Å². The molecule has 1 rings (SSSR count). The minimum atomic E-state index is -0.0522. The molecule has 5 heteroatoms. The number of ether oxygens (including phenoxy) is 2. The number of hydrogen-bond donors (Lipinski definition) is 0. The summed E-state index contributed by atoms with van der Waals surface area (Å²) in [6.07, 6.45) is -0.0239. The molecule has 0 aromatic carbocycles. The molecule has 1 amide bonds. The lowest BCUT2D eigenvalue weighted by atomic mass is 10.2. The minimum Gasteiger partial charge on any atom is -0.374 e. The van der Waals surface area contributed by atoms with Crippen LogP contribution in [0, 0.1) is 0 Å². The molecule has 0 N–H and O–H groups in total. The molecule has 1 saturated heterocycles. The molecule has 4 nitrogen and oxygen atoms in total. The summed E-state index contributed by atoms with van der Waals surface area (Å²) in [5.74, 6) is -0.0268. The topological polar surface area (TPSA) is 38.8 Å². The Labute approximate surface area is 95.5 Å². The van der Waals surface area contributed by atoms with Crippen LogP contribution < -0.4 is 0 Å². The van der Waals surface area contributed by atoms with E-state index in [1.165, 1.54) is 0 Å². The van der Waals surface area contributed by atoms with Crippen LogP contribution in [0.25, 0.3) is 0 Å². The van der Waals surface area contributed by atoms with Crippen molar-refractivity contribution in [2.24, 2.45) is 0 Å². The number of nitrogens with zero attached hydrogens (tertiary/aromatic N) is 1. The smallest absolute Gasteiger partial charge is 0.237 e. The van der Waals surface area contributed by atoms with Crippen LogP contribution in [0.15, 0.2) is 0 Å². The molecule has 0 saturated carbocycles. The van der Waals surface area contributed by atoms with E-state index in [0.29, 0.717) is 26.3 Å². The summed E-state index contributed by atoms with van der Waals surface area (Å²) >= 11 is 5.51. The molecular formula is C10H18ClNO3. The second kappa shape index (κ2) is 6.30. The number of carbonyl (C=O) groups excluding carboxylic acids is 1. The standard InChI is InChI=1S/C10H18ClNO3/c1-3-14-8-6-12(10(13)5-11)7-9(8)15-4-2/h8-9H,3-7H2,1-2H3/t8-,9-/m0/s1. The molecule has 0 aliphatic carbocycles. The third kappa shape index (κ3) is 3.33. The summed E-state index contributed by atoms with van der Waals surface area (Å²) in [4.78, 5) is 13.1. The van der Waals surface area contributed by atoms with E-state index in [1.54, 1.807) is 4.90 Å². The maximum atomic E-state index is 11.4. The van der Waals surface area contributed by atoms with E-state index < -0.39 is 0 Å². The summed E-state index contributed by atoms with van der Waals surface area (Å²) in [5.41, 5.74) is 0. The Bertz CT molecular complexity index is 199. The van der Waals surface area contributed by atoms with Crippen LogP contribution >= 0.6 is 11.6 Å². The zero-order chi connectivity index (χ0) is 11.3. The first-order valence-corrected chi connectivity index (χ1v) is 5.83. The average molecular weight is 236 g/mol. The van der Waals surface area contributed by atoms with E-state index in [4.69, 9.17) is 21.1 Å². The van der Waals surface area contributed by atoms with E-state index in [2.05, 4.69) is 0 Å². The van der Waals surface area contributed by atoms with Gasteiger partial charge < -0.3 is 14.4 Å². The van der Waals surface area contributed by atoms with Gasteiger partial charge in [0.1, 0.15) is 18.1 Å². The Balaban J connectivity index is 2.52. The molecule has 1 aliphatic rings. The number of carbonyl (C=O) groups is 1. The van der Waals surface area contributed by atoms with Gasteiger partial charge in [-0.1, -0.05) is 0 Å². The molecule has 0 aromatic heterocycles. The van der Waals surface area contributed by atoms with Crippen molar-refractivity contribution in [3.63, 3.8) is 0 Å². The lowest BCUT2D eigenvalue weighted by molar-refractivity contribution is -0.128. The van der Waals surface area contributed by atoms with Crippen molar-refractivity contribution in [1.82, 2.24) is 4.90 Å². The predicted molar refractivity (Wildman–Crippen MR) is 58.1 cm³/mol. The molecule has 0 spiro atoms. The maximum absolute atomic E-state index is 11.4. The molecule has 1 fully saturated rings. The largest absolute Gasteiger partial charge is 0.374 e. The Kier molecular flexibility index (Phi) is 5.36. The molecule has 1 heterocycles. The first-order chi connectivity index (χ1) is 7.22. The molecule has 2 atom stereocenters. The van der Waals surface area contributed by atoms with Crippen LogP contribution in [0.5, 0.6) is 0 Å². The molecule has 0 radical (unpaired) electrons. The highest BCUT2D eigenvalue weighted by atomic mass is 35.5. The van der Waals surface area contributed by atoms with Gasteiger partial charge in [0.25, 0.3) is 0 Å². The fraction of sp³-hybridized carbons (Fsp3) is 0.900. The summed E-state index contributed by atoms with van der Waals surface area (Å²) in [6.45, 7) is 6.33. The molecule has 1 aliphatic heterocycles. The molecule has 15 heavy (non-hydrogen) atoms. The average Bonchev–Trinajstić information content (AvgIpc) is 2.62. The molecule has 0 unspecified atom stereocenters. The lowest BCUT2D eigenvalue weighted by Gasteiger charge is -2.17. The third-order valence-corrected chi connectivity index (χ3v) is 2.67. The van der Waals surface area contributed by atoms with Crippen molar-refractivity contribution in [2.75, 3.05) is 32.2 Å². The Morgan fingerprint density at radius 2 is 1.73 bits per heavy atom. The van der Waals surface area contributed by atoms with Crippen molar-refractivity contribution in [2.45, 2.75) is 26.1 Å². The first kappa shape index (κ1) is 12.7. The van der Waals surface area contributed by atoms with Gasteiger partial charge in [0.05, 0.1) is 0 Å². The number of halogens is 1. The first-order valence-electron chi connectivity index (χ1n) is 5.29. The van der Waals surface area contributed by atoms with Gasteiger partial charge in [-0.25, -0.2) is 0 Å². The normalized spacial score (nSPS) is 25.9. The maximum Gasteiger partial charge on any atom is 0.237 e. The highest BCUT2D eigenvalue weighted by Gasteiger charge is 2.35. The van der Waals surface area contributed by atoms with E-state index >= 15 is 0 Å². The van der Waals surface area contributed by atoms with Gasteiger partial charge in [-0.15, -0.1) is 11.6 Å². The summed E-state index contributed by atoms with van der Waals surface area (Å²) in [5, 5.41) is 0. The van der Waals surface area contributed by atoms with Crippen LogP contribution in [0.1, 0.15) is 13.8 Å². The van der Waals surface area contributed by atoms with Crippen LogP contribution in [-0.2, 0) is 14.3 Å². The Morgan fingerprint density at radius 1 is 1.27 bits per heavy atom. The van der Waals surface area contributed by atoms with E-state index in [1.807, 2.05) is 13.8 Å². The van der Waals surface area contributed by atoms with Crippen molar-refractivity contribution in [3.8, 4) is 0 Å². The number of alkyl halides is 1. The van der Waals surface area contributed by atoms with Crippen molar-refractivity contribution in [1.29, 1.82) is 0 Å². The van der Waals surface area contributed by atoms with E-state index in [-0.39, 0.29) is 24.0 Å². The second-order valence-corrected chi connectivity index (χ2v) is 3.69. The number of likely N-dealkylation sites (tertiary alicyclic amines) is 1. The summed E-state index contributed by atoms with van der Waals surface area (Å²) in [6, 6.07) is 0. The number of amides is 1. The Hall–Kier alpha value is -0.320. The predicted octanol–water partition coefficient (Wildman–Crippen LogP) is 0.878. The molecule has 88 valence electrons. The van der Waals surface area contributed by atoms with Gasteiger partial charge in [-0.05, 0) is 13.8 Å². The molecule has 0 bridgehead atoms. The zero-order valence-electron chi connectivity index (χ0n) is 9.24. The van der Waals surface area contributed by atoms with Gasteiger partial charge in [-0.3, -0.25) is 4.79 Å². The van der Waals surface area contributed by atoms with E-state index in [9.17, 15) is 4.79 Å². The zero-order valence-corrected chi connectivity index (χ0v) is 10.00. The van der Waals surface area contributed by atoms with Crippen molar-refractivity contribution >= 4 is 17.5 Å². The molecular weight excluding hydrogens is 218 g/mol. The van der Waals surface area contributed by atoms with Crippen molar-refractivity contribution < 1.29 is 14.3 Å². The van der Waals surface area contributed by atoms with Gasteiger partial charge >= 0.3 is 0 Å². The Morgan fingerprint density at radius 3 is 2.07 bits per heavy atom. The van der Waals surface area contributed by atoms with Gasteiger partial charge in [0.15, 0.2) is 0 Å². The minimum absolute atomic E-state index is 0.0119. The monoisotopic (exact) mass is 235 g/mol. The van der Waals surface area contributed by atoms with Gasteiger partial charge in [0.2, 0.25) is 5.91 Å².